The highest BCUT2D eigenvalue weighted by atomic mass is 14.9. The molecule has 1 rings (SSSR count). The molecule has 0 aliphatic carbocycles. The van der Waals surface area contributed by atoms with Crippen LogP contribution in [0.3, 0.4) is 0 Å². The Hall–Kier alpha value is -1.06. The first-order valence-corrected chi connectivity index (χ1v) is 9.05. The Labute approximate surface area is 136 Å². The zero-order valence-electron chi connectivity index (χ0n) is 14.3. The lowest BCUT2D eigenvalue weighted by Crippen LogP contribution is -2.29. The van der Waals surface area contributed by atoms with Crippen molar-refractivity contribution in [2.75, 3.05) is 0 Å². The molecule has 1 aliphatic heterocycles. The number of allylic oxidation sites excluding steroid dienone is 5. The van der Waals surface area contributed by atoms with Crippen LogP contribution in [0.2, 0.25) is 0 Å². The molecule has 0 saturated carbocycles. The minimum Gasteiger partial charge on any atom is -0.365 e. The van der Waals surface area contributed by atoms with Gasteiger partial charge in [-0.2, -0.15) is 0 Å². The molecule has 0 saturated heterocycles. The summed E-state index contributed by atoms with van der Waals surface area (Å²) in [5.41, 5.74) is 12.5. The fourth-order valence-electron chi connectivity index (χ4n) is 3.01. The second-order valence-electron chi connectivity index (χ2n) is 6.36. The smallest absolute Gasteiger partial charge is 0.0520 e. The molecule has 22 heavy (non-hydrogen) atoms. The van der Waals surface area contributed by atoms with Crippen LogP contribution in [0.25, 0.3) is 0 Å². The van der Waals surface area contributed by atoms with Gasteiger partial charge in [-0.25, -0.2) is 0 Å². The van der Waals surface area contributed by atoms with Crippen molar-refractivity contribution >= 4 is 0 Å². The Morgan fingerprint density at radius 3 is 2.23 bits per heavy atom. The average molecular weight is 306 g/mol. The van der Waals surface area contributed by atoms with Crippen LogP contribution in [0.5, 0.6) is 0 Å². The van der Waals surface area contributed by atoms with E-state index in [-0.39, 0.29) is 6.17 Å². The third-order valence-corrected chi connectivity index (χ3v) is 4.26. The molecular weight excluding hydrogens is 270 g/mol. The lowest BCUT2D eigenvalue weighted by Gasteiger charge is -2.19. The molecule has 5 N–H and O–H groups in total. The van der Waals surface area contributed by atoms with E-state index >= 15 is 0 Å². The van der Waals surface area contributed by atoms with E-state index < -0.39 is 0 Å². The van der Waals surface area contributed by atoms with Gasteiger partial charge in [-0.05, 0) is 37.3 Å². The van der Waals surface area contributed by atoms with Crippen LogP contribution >= 0.6 is 0 Å². The SMILES string of the molecule is CCCC(CCCCCCCCC(N)N)C1=CC=CC=CN1. The molecule has 1 aliphatic rings. The van der Waals surface area contributed by atoms with Gasteiger partial charge >= 0.3 is 0 Å². The monoisotopic (exact) mass is 305 g/mol. The molecule has 0 radical (unpaired) electrons. The van der Waals surface area contributed by atoms with Crippen molar-refractivity contribution in [3.8, 4) is 0 Å². The summed E-state index contributed by atoms with van der Waals surface area (Å²) >= 11 is 0. The molecule has 0 fully saturated rings. The molecule has 0 bridgehead atoms. The number of hydrogen-bond donors (Lipinski definition) is 3. The first-order chi connectivity index (χ1) is 10.7. The summed E-state index contributed by atoms with van der Waals surface area (Å²) in [6.45, 7) is 2.28. The minimum absolute atomic E-state index is 0.127. The van der Waals surface area contributed by atoms with Gasteiger partial charge in [0.15, 0.2) is 0 Å². The third-order valence-electron chi connectivity index (χ3n) is 4.26. The van der Waals surface area contributed by atoms with E-state index in [9.17, 15) is 0 Å². The number of nitrogens with two attached hydrogens (primary N) is 2. The lowest BCUT2D eigenvalue weighted by molar-refractivity contribution is 0.455. The van der Waals surface area contributed by atoms with E-state index in [2.05, 4.69) is 36.5 Å². The molecule has 0 aromatic rings. The lowest BCUT2D eigenvalue weighted by atomic mass is 9.92. The molecule has 1 heterocycles. The molecule has 0 aromatic carbocycles. The van der Waals surface area contributed by atoms with E-state index in [4.69, 9.17) is 11.5 Å². The van der Waals surface area contributed by atoms with Crippen LogP contribution in [0, 0.1) is 5.92 Å². The van der Waals surface area contributed by atoms with Crippen LogP contribution in [0.4, 0.5) is 0 Å². The summed E-state index contributed by atoms with van der Waals surface area (Å²) in [4.78, 5) is 0. The molecule has 0 aromatic heterocycles. The Kier molecular flexibility index (Phi) is 10.8. The molecule has 126 valence electrons. The predicted octanol–water partition coefficient (Wildman–Crippen LogP) is 4.32. The number of unbranched alkanes of at least 4 members (excludes halogenated alkanes) is 5. The summed E-state index contributed by atoms with van der Waals surface area (Å²) in [6, 6.07) is 0. The maximum Gasteiger partial charge on any atom is 0.0520 e. The topological polar surface area (TPSA) is 64.1 Å². The van der Waals surface area contributed by atoms with Crippen molar-refractivity contribution in [2.24, 2.45) is 17.4 Å². The first-order valence-electron chi connectivity index (χ1n) is 9.05. The molecule has 3 nitrogen and oxygen atoms in total. The normalized spacial score (nSPS) is 15.5. The van der Waals surface area contributed by atoms with Gasteiger partial charge < -0.3 is 16.8 Å². The predicted molar refractivity (Wildman–Crippen MR) is 97.0 cm³/mol. The maximum atomic E-state index is 5.56. The number of nitrogens with one attached hydrogen (secondary N) is 1. The van der Waals surface area contributed by atoms with Crippen molar-refractivity contribution in [3.05, 3.63) is 36.2 Å². The van der Waals surface area contributed by atoms with Crippen molar-refractivity contribution in [1.29, 1.82) is 0 Å². The Balaban J connectivity index is 2.15. The molecule has 1 atom stereocenters. The Bertz CT molecular complexity index is 356. The highest BCUT2D eigenvalue weighted by Crippen LogP contribution is 2.23. The van der Waals surface area contributed by atoms with Gasteiger partial charge in [-0.15, -0.1) is 0 Å². The summed E-state index contributed by atoms with van der Waals surface area (Å²) in [5, 5.41) is 3.44. The van der Waals surface area contributed by atoms with Crippen LogP contribution in [-0.2, 0) is 0 Å². The molecule has 0 spiro atoms. The van der Waals surface area contributed by atoms with E-state index in [1.807, 2.05) is 6.20 Å². The van der Waals surface area contributed by atoms with Crippen LogP contribution < -0.4 is 16.8 Å². The van der Waals surface area contributed by atoms with Crippen molar-refractivity contribution in [3.63, 3.8) is 0 Å². The van der Waals surface area contributed by atoms with Gasteiger partial charge in [-0.3, -0.25) is 0 Å². The zero-order valence-corrected chi connectivity index (χ0v) is 14.3. The summed E-state index contributed by atoms with van der Waals surface area (Å²) < 4.78 is 0. The van der Waals surface area contributed by atoms with Crippen molar-refractivity contribution in [2.45, 2.75) is 77.3 Å². The van der Waals surface area contributed by atoms with Crippen molar-refractivity contribution < 1.29 is 0 Å². The fraction of sp³-hybridized carbons (Fsp3) is 0.684. The van der Waals surface area contributed by atoms with Gasteiger partial charge in [0, 0.05) is 11.9 Å². The standard InChI is InChI=1S/C19H35N3/c1-2-12-17(18-14-9-7-11-16-22-18)13-8-5-3-4-6-10-15-19(20)21/h7,9,11,14,16-17,19,22H,2-6,8,10,12-13,15,20-21H2,1H3. The second kappa shape index (κ2) is 12.5. The van der Waals surface area contributed by atoms with Crippen LogP contribution in [-0.4, -0.2) is 6.17 Å². The van der Waals surface area contributed by atoms with Gasteiger partial charge in [-0.1, -0.05) is 64.0 Å². The van der Waals surface area contributed by atoms with Gasteiger partial charge in [0.05, 0.1) is 6.17 Å². The quantitative estimate of drug-likeness (QED) is 0.371. The summed E-state index contributed by atoms with van der Waals surface area (Å²) in [7, 11) is 0. The second-order valence-corrected chi connectivity index (χ2v) is 6.36. The molecule has 1 unspecified atom stereocenters. The van der Waals surface area contributed by atoms with E-state index in [0.717, 1.165) is 6.42 Å². The average Bonchev–Trinajstić information content (AvgIpc) is 2.77. The molecule has 0 amide bonds. The van der Waals surface area contributed by atoms with Gasteiger partial charge in [0.2, 0.25) is 0 Å². The highest BCUT2D eigenvalue weighted by molar-refractivity contribution is 5.22. The summed E-state index contributed by atoms with van der Waals surface area (Å²) in [5.74, 6) is 0.674. The van der Waals surface area contributed by atoms with Crippen molar-refractivity contribution in [1.82, 2.24) is 5.32 Å². The zero-order chi connectivity index (χ0) is 16.0. The molecule has 3 heteroatoms. The Morgan fingerprint density at radius 1 is 0.864 bits per heavy atom. The highest BCUT2D eigenvalue weighted by Gasteiger charge is 2.12. The number of rotatable bonds is 12. The largest absolute Gasteiger partial charge is 0.365 e. The van der Waals surface area contributed by atoms with Gasteiger partial charge in [0.1, 0.15) is 0 Å². The number of hydrogen-bond acceptors (Lipinski definition) is 3. The fourth-order valence-corrected chi connectivity index (χ4v) is 3.01. The Morgan fingerprint density at radius 2 is 1.55 bits per heavy atom. The first kappa shape index (κ1) is 19.0. The van der Waals surface area contributed by atoms with Gasteiger partial charge in [0.25, 0.3) is 0 Å². The van der Waals surface area contributed by atoms with E-state index in [1.165, 1.54) is 63.5 Å². The molecular formula is C19H35N3. The maximum absolute atomic E-state index is 5.56. The van der Waals surface area contributed by atoms with Crippen LogP contribution in [0.1, 0.15) is 71.1 Å². The van der Waals surface area contributed by atoms with Crippen LogP contribution in [0.15, 0.2) is 36.2 Å². The minimum atomic E-state index is -0.127. The third kappa shape index (κ3) is 9.06. The summed E-state index contributed by atoms with van der Waals surface area (Å²) in [6.07, 6.45) is 23.0. The van der Waals surface area contributed by atoms with E-state index in [0.29, 0.717) is 5.92 Å². The van der Waals surface area contributed by atoms with E-state index in [1.54, 1.807) is 0 Å².